The van der Waals surface area contributed by atoms with Crippen molar-refractivity contribution in [2.24, 2.45) is 5.73 Å². The highest BCUT2D eigenvalue weighted by Gasteiger charge is 2.63. The quantitative estimate of drug-likeness (QED) is 0.582. The average Bonchev–Trinajstić information content (AvgIpc) is 3.28. The fourth-order valence-corrected chi connectivity index (χ4v) is 2.63. The molecule has 1 aromatic carbocycles. The van der Waals surface area contributed by atoms with Crippen LogP contribution in [0.2, 0.25) is 0 Å². The summed E-state index contributed by atoms with van der Waals surface area (Å²) in [5.74, 6) is -7.78. The molecule has 0 radical (unpaired) electrons. The van der Waals surface area contributed by atoms with Gasteiger partial charge in [-0.1, -0.05) is 6.07 Å². The number of hydrogen-bond acceptors (Lipinski definition) is 3. The molecule has 0 aliphatic carbocycles. The fraction of sp³-hybridized carbons (Fsp3) is 0.250. The van der Waals surface area contributed by atoms with Crippen molar-refractivity contribution in [3.05, 3.63) is 53.2 Å². The lowest BCUT2D eigenvalue weighted by molar-refractivity contribution is -0.292. The van der Waals surface area contributed by atoms with Crippen LogP contribution in [0, 0.1) is 5.82 Å². The van der Waals surface area contributed by atoms with Gasteiger partial charge in [-0.2, -0.15) is 45.3 Å². The SMILES string of the molecule is NCc1cc(-c2cnn(-c3n[nH]c(C(F)(F)C(F)(F)F)c3C(F)(F)F)c2)ccc1F. The van der Waals surface area contributed by atoms with Gasteiger partial charge in [-0.25, -0.2) is 9.07 Å². The molecule has 5 nitrogen and oxygen atoms in total. The van der Waals surface area contributed by atoms with Crippen LogP contribution in [0.3, 0.4) is 0 Å². The molecular formula is C16H10F9N5. The van der Waals surface area contributed by atoms with Crippen LogP contribution in [0.5, 0.6) is 0 Å². The zero-order chi connectivity index (χ0) is 22.5. The van der Waals surface area contributed by atoms with Crippen molar-refractivity contribution in [3.8, 4) is 16.9 Å². The lowest BCUT2D eigenvalue weighted by Crippen LogP contribution is -2.36. The van der Waals surface area contributed by atoms with E-state index in [1.54, 1.807) is 0 Å². The predicted molar refractivity (Wildman–Crippen MR) is 83.9 cm³/mol. The van der Waals surface area contributed by atoms with Crippen molar-refractivity contribution >= 4 is 0 Å². The maximum atomic E-state index is 13.6. The molecule has 3 rings (SSSR count). The second kappa shape index (κ2) is 7.04. The zero-order valence-electron chi connectivity index (χ0n) is 14.4. The van der Waals surface area contributed by atoms with Crippen molar-refractivity contribution in [1.29, 1.82) is 0 Å². The summed E-state index contributed by atoms with van der Waals surface area (Å²) in [7, 11) is 0. The fourth-order valence-electron chi connectivity index (χ4n) is 2.63. The summed E-state index contributed by atoms with van der Waals surface area (Å²) in [4.78, 5) is 0. The molecule has 0 spiro atoms. The highest BCUT2D eigenvalue weighted by atomic mass is 19.4. The number of aromatic nitrogens is 4. The number of benzene rings is 1. The molecular weight excluding hydrogens is 433 g/mol. The smallest absolute Gasteiger partial charge is 0.326 e. The summed E-state index contributed by atoms with van der Waals surface area (Å²) in [6.07, 6.45) is -9.99. The number of nitrogens with zero attached hydrogens (tertiary/aromatic N) is 3. The van der Waals surface area contributed by atoms with E-state index in [-0.39, 0.29) is 23.2 Å². The van der Waals surface area contributed by atoms with Crippen LogP contribution in [0.1, 0.15) is 16.8 Å². The van der Waals surface area contributed by atoms with Crippen LogP contribution in [-0.4, -0.2) is 26.2 Å². The highest BCUT2D eigenvalue weighted by molar-refractivity contribution is 5.63. The van der Waals surface area contributed by atoms with E-state index >= 15 is 0 Å². The molecule has 0 bridgehead atoms. The van der Waals surface area contributed by atoms with Crippen molar-refractivity contribution in [3.63, 3.8) is 0 Å². The number of hydrogen-bond donors (Lipinski definition) is 2. The van der Waals surface area contributed by atoms with E-state index in [1.165, 1.54) is 12.1 Å². The van der Waals surface area contributed by atoms with E-state index in [2.05, 4.69) is 10.2 Å². The lowest BCUT2D eigenvalue weighted by Gasteiger charge is -2.20. The summed E-state index contributed by atoms with van der Waals surface area (Å²) in [5.41, 5.74) is 1.08. The van der Waals surface area contributed by atoms with E-state index in [9.17, 15) is 39.5 Å². The first kappa shape index (κ1) is 21.7. The van der Waals surface area contributed by atoms with E-state index in [0.29, 0.717) is 4.68 Å². The molecule has 0 unspecified atom stereocenters. The summed E-state index contributed by atoms with van der Waals surface area (Å²) in [6.45, 7) is -0.179. The Morgan fingerprint density at radius 2 is 1.67 bits per heavy atom. The van der Waals surface area contributed by atoms with Crippen LogP contribution in [-0.2, 0) is 18.6 Å². The molecule has 0 saturated heterocycles. The summed E-state index contributed by atoms with van der Waals surface area (Å²) in [5, 5.41) is 7.67. The first-order valence-corrected chi connectivity index (χ1v) is 7.92. The second-order valence-electron chi connectivity index (χ2n) is 6.05. The molecule has 14 heteroatoms. The number of nitrogens with two attached hydrogens (primary N) is 1. The van der Waals surface area contributed by atoms with Gasteiger partial charge in [0.1, 0.15) is 17.1 Å². The molecule has 0 atom stereocenters. The highest BCUT2D eigenvalue weighted by Crippen LogP contribution is 2.48. The third kappa shape index (κ3) is 3.62. The van der Waals surface area contributed by atoms with Crippen molar-refractivity contribution < 1.29 is 39.5 Å². The van der Waals surface area contributed by atoms with Crippen molar-refractivity contribution in [2.45, 2.75) is 24.8 Å². The van der Waals surface area contributed by atoms with Gasteiger partial charge in [-0.15, -0.1) is 0 Å². The van der Waals surface area contributed by atoms with Gasteiger partial charge in [0, 0.05) is 23.9 Å². The molecule has 0 aliphatic rings. The molecule has 30 heavy (non-hydrogen) atoms. The third-order valence-corrected chi connectivity index (χ3v) is 4.10. The number of halogens is 9. The molecule has 162 valence electrons. The Labute approximate surface area is 161 Å². The number of alkyl halides is 8. The average molecular weight is 443 g/mol. The summed E-state index contributed by atoms with van der Waals surface area (Å²) in [6, 6.07) is 3.59. The van der Waals surface area contributed by atoms with Crippen LogP contribution in [0.15, 0.2) is 30.6 Å². The second-order valence-corrected chi connectivity index (χ2v) is 6.05. The van der Waals surface area contributed by atoms with Crippen LogP contribution in [0.4, 0.5) is 39.5 Å². The Morgan fingerprint density at radius 1 is 1.00 bits per heavy atom. The Bertz CT molecular complexity index is 1060. The normalized spacial score (nSPS) is 13.1. The van der Waals surface area contributed by atoms with Crippen LogP contribution in [0.25, 0.3) is 16.9 Å². The van der Waals surface area contributed by atoms with E-state index < -0.39 is 41.2 Å². The molecule has 0 fully saturated rings. The van der Waals surface area contributed by atoms with Gasteiger partial charge in [-0.05, 0) is 17.7 Å². The van der Waals surface area contributed by atoms with Gasteiger partial charge in [0.05, 0.1) is 6.20 Å². The Hall–Kier alpha value is -3.03. The van der Waals surface area contributed by atoms with Gasteiger partial charge in [0.25, 0.3) is 0 Å². The van der Waals surface area contributed by atoms with E-state index in [4.69, 9.17) is 5.73 Å². The van der Waals surface area contributed by atoms with Gasteiger partial charge in [0.15, 0.2) is 5.82 Å². The van der Waals surface area contributed by atoms with Gasteiger partial charge in [0.2, 0.25) is 0 Å². The largest absolute Gasteiger partial charge is 0.459 e. The van der Waals surface area contributed by atoms with Crippen molar-refractivity contribution in [1.82, 2.24) is 20.0 Å². The topological polar surface area (TPSA) is 72.5 Å². The zero-order valence-corrected chi connectivity index (χ0v) is 14.4. The van der Waals surface area contributed by atoms with Gasteiger partial charge in [-0.3, -0.25) is 5.10 Å². The third-order valence-electron chi connectivity index (χ3n) is 4.10. The number of H-pyrrole nitrogens is 1. The predicted octanol–water partition coefficient (Wildman–Crippen LogP) is 4.53. The minimum Gasteiger partial charge on any atom is -0.326 e. The molecule has 0 aliphatic heterocycles. The summed E-state index contributed by atoms with van der Waals surface area (Å²) < 4.78 is 119. The molecule has 0 saturated carbocycles. The maximum Gasteiger partial charge on any atom is 0.459 e. The van der Waals surface area contributed by atoms with Crippen molar-refractivity contribution in [2.75, 3.05) is 0 Å². The number of rotatable bonds is 4. The molecule has 3 N–H and O–H groups in total. The number of nitrogens with one attached hydrogen (secondary N) is 1. The minimum atomic E-state index is -6.29. The molecule has 0 amide bonds. The first-order chi connectivity index (χ1) is 13.8. The standard InChI is InChI=1S/C16H10F9N5/c17-10-2-1-7(3-8(10)4-26)9-5-27-30(6-9)13-11(15(20,21)22)12(28-29-13)14(18,19)16(23,24)25/h1-3,5-6H,4,26H2,(H,28,29). The Morgan fingerprint density at radius 3 is 2.23 bits per heavy atom. The Kier molecular flexibility index (Phi) is 5.08. The van der Waals surface area contributed by atoms with E-state index in [0.717, 1.165) is 23.6 Å². The first-order valence-electron chi connectivity index (χ1n) is 7.92. The molecule has 3 aromatic rings. The molecule has 2 aromatic heterocycles. The maximum absolute atomic E-state index is 13.6. The van der Waals surface area contributed by atoms with E-state index in [1.807, 2.05) is 0 Å². The summed E-state index contributed by atoms with van der Waals surface area (Å²) >= 11 is 0. The minimum absolute atomic E-state index is 0.0862. The number of aromatic amines is 1. The van der Waals surface area contributed by atoms with Gasteiger partial charge < -0.3 is 5.73 Å². The van der Waals surface area contributed by atoms with Gasteiger partial charge >= 0.3 is 18.3 Å². The Balaban J connectivity index is 2.12. The van der Waals surface area contributed by atoms with Crippen LogP contribution >= 0.6 is 0 Å². The monoisotopic (exact) mass is 443 g/mol. The molecule has 2 heterocycles. The van der Waals surface area contributed by atoms with Crippen LogP contribution < -0.4 is 5.73 Å². The lowest BCUT2D eigenvalue weighted by atomic mass is 10.1.